The van der Waals surface area contributed by atoms with Crippen molar-refractivity contribution in [2.24, 2.45) is 11.8 Å². The number of hydrogen-bond acceptors (Lipinski definition) is 3. The summed E-state index contributed by atoms with van der Waals surface area (Å²) in [4.78, 5) is 18.2. The average molecular weight is 246 g/mol. The largest absolute Gasteiger partial charge is 0.301 e. The molecule has 3 nitrogen and oxygen atoms in total. The fourth-order valence-electron chi connectivity index (χ4n) is 2.74. The van der Waals surface area contributed by atoms with Gasteiger partial charge in [0.25, 0.3) is 0 Å². The van der Waals surface area contributed by atoms with Gasteiger partial charge in [-0.1, -0.05) is 6.92 Å². The standard InChI is InChI=1S/C15H22N2O/c1-12-3-4-15(18)14(9-12)11-17(2)10-13-5-7-16-8-6-13/h5-8,12,14H,3-4,9-11H2,1-2H3. The third kappa shape index (κ3) is 3.64. The Morgan fingerprint density at radius 1 is 1.39 bits per heavy atom. The van der Waals surface area contributed by atoms with E-state index in [0.29, 0.717) is 11.7 Å². The van der Waals surface area contributed by atoms with Gasteiger partial charge in [0.15, 0.2) is 0 Å². The van der Waals surface area contributed by atoms with Gasteiger partial charge < -0.3 is 4.90 Å². The minimum Gasteiger partial charge on any atom is -0.301 e. The van der Waals surface area contributed by atoms with Crippen LogP contribution in [0.4, 0.5) is 0 Å². The van der Waals surface area contributed by atoms with Crippen LogP contribution in [0.15, 0.2) is 24.5 Å². The average Bonchev–Trinajstić information content (AvgIpc) is 2.35. The summed E-state index contributed by atoms with van der Waals surface area (Å²) in [7, 11) is 2.09. The van der Waals surface area contributed by atoms with Gasteiger partial charge in [-0.25, -0.2) is 0 Å². The number of nitrogens with zero attached hydrogens (tertiary/aromatic N) is 2. The van der Waals surface area contributed by atoms with E-state index in [0.717, 1.165) is 32.4 Å². The molecule has 0 spiro atoms. The number of carbonyl (C=O) groups is 1. The lowest BCUT2D eigenvalue weighted by Gasteiger charge is -2.29. The first-order chi connectivity index (χ1) is 8.65. The van der Waals surface area contributed by atoms with Crippen molar-refractivity contribution in [3.63, 3.8) is 0 Å². The Morgan fingerprint density at radius 3 is 2.83 bits per heavy atom. The molecule has 2 unspecified atom stereocenters. The molecule has 1 heterocycles. The second kappa shape index (κ2) is 6.10. The molecule has 3 heteroatoms. The van der Waals surface area contributed by atoms with Gasteiger partial charge in [-0.2, -0.15) is 0 Å². The molecule has 2 rings (SSSR count). The SMILES string of the molecule is CC1CCC(=O)C(CN(C)Cc2ccncc2)C1. The van der Waals surface area contributed by atoms with Gasteiger partial charge in [0.2, 0.25) is 0 Å². The third-order valence-corrected chi connectivity index (χ3v) is 3.76. The first-order valence-electron chi connectivity index (χ1n) is 6.75. The van der Waals surface area contributed by atoms with Crippen LogP contribution in [0.2, 0.25) is 0 Å². The van der Waals surface area contributed by atoms with Crippen LogP contribution < -0.4 is 0 Å². The van der Waals surface area contributed by atoms with Crippen molar-refractivity contribution < 1.29 is 4.79 Å². The van der Waals surface area contributed by atoms with E-state index in [1.807, 2.05) is 24.5 Å². The summed E-state index contributed by atoms with van der Waals surface area (Å²) < 4.78 is 0. The molecule has 1 aliphatic rings. The van der Waals surface area contributed by atoms with Crippen molar-refractivity contribution in [1.82, 2.24) is 9.88 Å². The summed E-state index contributed by atoms with van der Waals surface area (Å²) in [5.74, 6) is 1.39. The van der Waals surface area contributed by atoms with E-state index < -0.39 is 0 Å². The molecule has 18 heavy (non-hydrogen) atoms. The normalized spacial score (nSPS) is 24.5. The summed E-state index contributed by atoms with van der Waals surface area (Å²) in [5.41, 5.74) is 1.25. The Kier molecular flexibility index (Phi) is 4.48. The first-order valence-corrected chi connectivity index (χ1v) is 6.75. The van der Waals surface area contributed by atoms with E-state index in [1.54, 1.807) is 0 Å². The number of aromatic nitrogens is 1. The molecular formula is C15H22N2O. The first kappa shape index (κ1) is 13.2. The smallest absolute Gasteiger partial charge is 0.137 e. The van der Waals surface area contributed by atoms with E-state index in [4.69, 9.17) is 0 Å². The maximum absolute atomic E-state index is 11.9. The van der Waals surface area contributed by atoms with Gasteiger partial charge in [-0.15, -0.1) is 0 Å². The highest BCUT2D eigenvalue weighted by molar-refractivity contribution is 5.81. The molecule has 2 atom stereocenters. The Labute approximate surface area is 109 Å². The van der Waals surface area contributed by atoms with Crippen LogP contribution in [0.1, 0.15) is 31.7 Å². The van der Waals surface area contributed by atoms with Gasteiger partial charge in [-0.3, -0.25) is 9.78 Å². The van der Waals surface area contributed by atoms with Crippen LogP contribution in [-0.2, 0) is 11.3 Å². The Balaban J connectivity index is 1.87. The van der Waals surface area contributed by atoms with Crippen molar-refractivity contribution >= 4 is 5.78 Å². The Hall–Kier alpha value is -1.22. The van der Waals surface area contributed by atoms with Crippen molar-refractivity contribution in [3.05, 3.63) is 30.1 Å². The fourth-order valence-corrected chi connectivity index (χ4v) is 2.74. The highest BCUT2D eigenvalue weighted by atomic mass is 16.1. The lowest BCUT2D eigenvalue weighted by atomic mass is 9.81. The van der Waals surface area contributed by atoms with Crippen molar-refractivity contribution in [2.75, 3.05) is 13.6 Å². The van der Waals surface area contributed by atoms with Gasteiger partial charge in [0.1, 0.15) is 5.78 Å². The number of hydrogen-bond donors (Lipinski definition) is 0. The van der Waals surface area contributed by atoms with Gasteiger partial charge in [-0.05, 0) is 43.5 Å². The second-order valence-corrected chi connectivity index (χ2v) is 5.59. The molecule has 1 aliphatic carbocycles. The molecule has 0 aliphatic heterocycles. The molecule has 1 aromatic heterocycles. The molecule has 1 aromatic rings. The number of carbonyl (C=O) groups excluding carboxylic acids is 1. The zero-order valence-corrected chi connectivity index (χ0v) is 11.3. The maximum atomic E-state index is 11.9. The molecule has 98 valence electrons. The van der Waals surface area contributed by atoms with Crippen LogP contribution >= 0.6 is 0 Å². The minimum atomic E-state index is 0.237. The summed E-state index contributed by atoms with van der Waals surface area (Å²) in [6.07, 6.45) is 6.53. The van der Waals surface area contributed by atoms with Crippen LogP contribution in [0.3, 0.4) is 0 Å². The quantitative estimate of drug-likeness (QED) is 0.818. The fraction of sp³-hybridized carbons (Fsp3) is 0.600. The molecule has 0 amide bonds. The number of pyridine rings is 1. The molecule has 0 N–H and O–H groups in total. The predicted octanol–water partition coefficient (Wildman–Crippen LogP) is 2.52. The summed E-state index contributed by atoms with van der Waals surface area (Å²) in [5, 5.41) is 0. The molecule has 0 saturated heterocycles. The van der Waals surface area contributed by atoms with Crippen LogP contribution in [0.25, 0.3) is 0 Å². The topological polar surface area (TPSA) is 33.2 Å². The lowest BCUT2D eigenvalue weighted by Crippen LogP contribution is -2.34. The van der Waals surface area contributed by atoms with E-state index in [-0.39, 0.29) is 5.92 Å². The maximum Gasteiger partial charge on any atom is 0.137 e. The molecule has 0 aromatic carbocycles. The van der Waals surface area contributed by atoms with Gasteiger partial charge in [0.05, 0.1) is 0 Å². The Morgan fingerprint density at radius 2 is 2.11 bits per heavy atom. The highest BCUT2D eigenvalue weighted by Gasteiger charge is 2.27. The lowest BCUT2D eigenvalue weighted by molar-refractivity contribution is -0.126. The highest BCUT2D eigenvalue weighted by Crippen LogP contribution is 2.26. The molecule has 0 bridgehead atoms. The van der Waals surface area contributed by atoms with Crippen LogP contribution in [-0.4, -0.2) is 29.3 Å². The predicted molar refractivity (Wildman–Crippen MR) is 72.1 cm³/mol. The zero-order valence-electron chi connectivity index (χ0n) is 11.3. The van der Waals surface area contributed by atoms with E-state index in [2.05, 4.69) is 23.9 Å². The Bertz CT molecular complexity index is 391. The summed E-state index contributed by atoms with van der Waals surface area (Å²) in [6.45, 7) is 4.02. The number of ketones is 1. The molecule has 1 saturated carbocycles. The molecule has 1 fully saturated rings. The number of rotatable bonds is 4. The summed E-state index contributed by atoms with van der Waals surface area (Å²) in [6, 6.07) is 4.06. The monoisotopic (exact) mass is 246 g/mol. The second-order valence-electron chi connectivity index (χ2n) is 5.59. The van der Waals surface area contributed by atoms with Crippen LogP contribution in [0.5, 0.6) is 0 Å². The van der Waals surface area contributed by atoms with Gasteiger partial charge >= 0.3 is 0 Å². The molecular weight excluding hydrogens is 224 g/mol. The van der Waals surface area contributed by atoms with E-state index in [9.17, 15) is 4.79 Å². The van der Waals surface area contributed by atoms with E-state index in [1.165, 1.54) is 5.56 Å². The van der Waals surface area contributed by atoms with Gasteiger partial charge in [0, 0.05) is 37.8 Å². The third-order valence-electron chi connectivity index (χ3n) is 3.76. The van der Waals surface area contributed by atoms with Crippen LogP contribution in [0, 0.1) is 11.8 Å². The van der Waals surface area contributed by atoms with E-state index >= 15 is 0 Å². The zero-order chi connectivity index (χ0) is 13.0. The van der Waals surface area contributed by atoms with Crippen molar-refractivity contribution in [2.45, 2.75) is 32.7 Å². The number of Topliss-reactive ketones (excluding diaryl/α,β-unsaturated/α-hetero) is 1. The minimum absolute atomic E-state index is 0.237. The summed E-state index contributed by atoms with van der Waals surface area (Å²) >= 11 is 0. The molecule has 0 radical (unpaired) electrons. The van der Waals surface area contributed by atoms with Crippen molar-refractivity contribution in [3.8, 4) is 0 Å². The van der Waals surface area contributed by atoms with Crippen molar-refractivity contribution in [1.29, 1.82) is 0 Å².